The summed E-state index contributed by atoms with van der Waals surface area (Å²) in [5, 5.41) is 14.0. The molecule has 0 bridgehead atoms. The summed E-state index contributed by atoms with van der Waals surface area (Å²) < 4.78 is 0. The summed E-state index contributed by atoms with van der Waals surface area (Å²) in [6.45, 7) is 8.83. The molecule has 1 aromatic rings. The number of hydrogen-bond acceptors (Lipinski definition) is 2. The molecular weight excluding hydrogens is 234 g/mol. The Morgan fingerprint density at radius 3 is 2.53 bits per heavy atom. The van der Waals surface area contributed by atoms with Crippen molar-refractivity contribution in [2.45, 2.75) is 45.8 Å². The molecule has 96 valence electrons. The van der Waals surface area contributed by atoms with E-state index in [1.54, 1.807) is 0 Å². The molecule has 1 atom stereocenters. The monoisotopic (exact) mass is 255 g/mol. The lowest BCUT2D eigenvalue weighted by atomic mass is 10.0. The Morgan fingerprint density at radius 1 is 1.35 bits per heavy atom. The van der Waals surface area contributed by atoms with E-state index in [4.69, 9.17) is 11.6 Å². The van der Waals surface area contributed by atoms with Gasteiger partial charge < -0.3 is 10.4 Å². The molecule has 1 rings (SSSR count). The van der Waals surface area contributed by atoms with E-state index in [-0.39, 0.29) is 5.54 Å². The fraction of sp³-hybridized carbons (Fsp3) is 0.571. The number of β-amino-alcohol motifs (C(OH)–C–C–N with tert-alkyl or cyclic N) is 1. The van der Waals surface area contributed by atoms with E-state index in [2.05, 4.69) is 26.1 Å². The van der Waals surface area contributed by atoms with E-state index in [0.717, 1.165) is 16.1 Å². The SMILES string of the molecule is Cc1ccc(CC(O)CNC(C)(C)C)c(Cl)c1. The highest BCUT2D eigenvalue weighted by atomic mass is 35.5. The maximum absolute atomic E-state index is 9.94. The molecule has 0 aliphatic heterocycles. The van der Waals surface area contributed by atoms with Crippen LogP contribution in [0.5, 0.6) is 0 Å². The molecule has 17 heavy (non-hydrogen) atoms. The van der Waals surface area contributed by atoms with Crippen LogP contribution in [0, 0.1) is 6.92 Å². The maximum Gasteiger partial charge on any atom is 0.0705 e. The van der Waals surface area contributed by atoms with Crippen molar-refractivity contribution in [1.29, 1.82) is 0 Å². The zero-order valence-electron chi connectivity index (χ0n) is 11.0. The molecule has 3 heteroatoms. The maximum atomic E-state index is 9.94. The van der Waals surface area contributed by atoms with Gasteiger partial charge >= 0.3 is 0 Å². The first kappa shape index (κ1) is 14.5. The van der Waals surface area contributed by atoms with Crippen molar-refractivity contribution in [3.05, 3.63) is 34.3 Å². The van der Waals surface area contributed by atoms with Crippen LogP contribution in [0.1, 0.15) is 31.9 Å². The Bertz CT molecular complexity index is 371. The van der Waals surface area contributed by atoms with Gasteiger partial charge in [0.25, 0.3) is 0 Å². The number of nitrogens with one attached hydrogen (secondary N) is 1. The second-order valence-electron chi connectivity index (χ2n) is 5.58. The molecule has 0 aliphatic rings. The van der Waals surface area contributed by atoms with Crippen LogP contribution >= 0.6 is 11.6 Å². The highest BCUT2D eigenvalue weighted by Gasteiger charge is 2.13. The Labute approximate surface area is 109 Å². The number of benzene rings is 1. The van der Waals surface area contributed by atoms with E-state index in [1.807, 2.05) is 25.1 Å². The lowest BCUT2D eigenvalue weighted by molar-refractivity contribution is 0.161. The third kappa shape index (κ3) is 5.53. The Morgan fingerprint density at radius 2 is 2.00 bits per heavy atom. The van der Waals surface area contributed by atoms with Crippen LogP contribution in [0.3, 0.4) is 0 Å². The first-order chi connectivity index (χ1) is 7.78. The van der Waals surface area contributed by atoms with E-state index in [1.165, 1.54) is 0 Å². The second kappa shape index (κ2) is 5.85. The Balaban J connectivity index is 2.53. The van der Waals surface area contributed by atoms with Crippen LogP contribution in [0.15, 0.2) is 18.2 Å². The number of halogens is 1. The lowest BCUT2D eigenvalue weighted by Crippen LogP contribution is -2.41. The highest BCUT2D eigenvalue weighted by Crippen LogP contribution is 2.19. The zero-order chi connectivity index (χ0) is 13.1. The third-order valence-corrected chi connectivity index (χ3v) is 2.88. The Hall–Kier alpha value is -0.570. The number of hydrogen-bond donors (Lipinski definition) is 2. The lowest BCUT2D eigenvalue weighted by Gasteiger charge is -2.23. The summed E-state index contributed by atoms with van der Waals surface area (Å²) in [6.07, 6.45) is 0.178. The van der Waals surface area contributed by atoms with Gasteiger partial charge in [0.2, 0.25) is 0 Å². The molecule has 0 saturated heterocycles. The van der Waals surface area contributed by atoms with Crippen molar-refractivity contribution in [2.75, 3.05) is 6.54 Å². The predicted molar refractivity (Wildman–Crippen MR) is 73.7 cm³/mol. The van der Waals surface area contributed by atoms with Gasteiger partial charge in [0.15, 0.2) is 0 Å². The fourth-order valence-electron chi connectivity index (χ4n) is 1.57. The minimum atomic E-state index is -0.408. The molecule has 0 aliphatic carbocycles. The zero-order valence-corrected chi connectivity index (χ0v) is 11.8. The minimum absolute atomic E-state index is 0.0258. The number of rotatable bonds is 4. The summed E-state index contributed by atoms with van der Waals surface area (Å²) >= 11 is 6.13. The van der Waals surface area contributed by atoms with E-state index in [0.29, 0.717) is 13.0 Å². The van der Waals surface area contributed by atoms with Crippen LogP contribution in [0.2, 0.25) is 5.02 Å². The summed E-state index contributed by atoms with van der Waals surface area (Å²) in [6, 6.07) is 5.93. The molecule has 0 aromatic heterocycles. The number of aliphatic hydroxyl groups is 1. The van der Waals surface area contributed by atoms with Crippen LogP contribution in [0.25, 0.3) is 0 Å². The van der Waals surface area contributed by atoms with E-state index in [9.17, 15) is 5.11 Å². The largest absolute Gasteiger partial charge is 0.391 e. The molecule has 0 spiro atoms. The van der Waals surface area contributed by atoms with E-state index >= 15 is 0 Å². The van der Waals surface area contributed by atoms with E-state index < -0.39 is 6.10 Å². The molecular formula is C14H22ClNO. The van der Waals surface area contributed by atoms with Crippen LogP contribution in [0.4, 0.5) is 0 Å². The fourth-order valence-corrected chi connectivity index (χ4v) is 1.88. The second-order valence-corrected chi connectivity index (χ2v) is 5.99. The number of aliphatic hydroxyl groups excluding tert-OH is 1. The molecule has 0 radical (unpaired) electrons. The smallest absolute Gasteiger partial charge is 0.0705 e. The molecule has 0 saturated carbocycles. The molecule has 1 unspecified atom stereocenters. The normalized spacial score (nSPS) is 13.8. The van der Waals surface area contributed by atoms with Gasteiger partial charge in [-0.3, -0.25) is 0 Å². The van der Waals surface area contributed by atoms with Crippen molar-refractivity contribution in [2.24, 2.45) is 0 Å². The van der Waals surface area contributed by atoms with Crippen molar-refractivity contribution in [3.63, 3.8) is 0 Å². The molecule has 0 heterocycles. The van der Waals surface area contributed by atoms with Crippen LogP contribution < -0.4 is 5.32 Å². The van der Waals surface area contributed by atoms with Gasteiger partial charge in [0.1, 0.15) is 0 Å². The summed E-state index contributed by atoms with van der Waals surface area (Å²) in [5.41, 5.74) is 2.17. The van der Waals surface area contributed by atoms with Gasteiger partial charge in [-0.25, -0.2) is 0 Å². The van der Waals surface area contributed by atoms with Gasteiger partial charge in [0, 0.05) is 23.5 Å². The standard InChI is InChI=1S/C14H22ClNO/c1-10-5-6-11(13(15)7-10)8-12(17)9-16-14(2,3)4/h5-7,12,16-17H,8-9H2,1-4H3. The van der Waals surface area contributed by atoms with Crippen molar-refractivity contribution >= 4 is 11.6 Å². The third-order valence-electron chi connectivity index (χ3n) is 2.53. The van der Waals surface area contributed by atoms with Crippen molar-refractivity contribution < 1.29 is 5.11 Å². The average molecular weight is 256 g/mol. The Kier molecular flexibility index (Phi) is 4.99. The summed E-state index contributed by atoms with van der Waals surface area (Å²) in [5.74, 6) is 0. The predicted octanol–water partition coefficient (Wildman–Crippen LogP) is 2.94. The van der Waals surface area contributed by atoms with Crippen molar-refractivity contribution in [1.82, 2.24) is 5.32 Å². The molecule has 2 N–H and O–H groups in total. The highest BCUT2D eigenvalue weighted by molar-refractivity contribution is 6.31. The number of aryl methyl sites for hydroxylation is 1. The quantitative estimate of drug-likeness (QED) is 0.867. The van der Waals surface area contributed by atoms with Crippen molar-refractivity contribution in [3.8, 4) is 0 Å². The van der Waals surface area contributed by atoms with Gasteiger partial charge in [-0.05, 0) is 44.9 Å². The summed E-state index contributed by atoms with van der Waals surface area (Å²) in [4.78, 5) is 0. The first-order valence-electron chi connectivity index (χ1n) is 5.96. The molecule has 1 aromatic carbocycles. The first-order valence-corrected chi connectivity index (χ1v) is 6.34. The summed E-state index contributed by atoms with van der Waals surface area (Å²) in [7, 11) is 0. The van der Waals surface area contributed by atoms with Gasteiger partial charge in [-0.2, -0.15) is 0 Å². The molecule has 2 nitrogen and oxygen atoms in total. The minimum Gasteiger partial charge on any atom is -0.391 e. The van der Waals surface area contributed by atoms with Gasteiger partial charge in [0.05, 0.1) is 6.10 Å². The molecule has 0 fully saturated rings. The topological polar surface area (TPSA) is 32.3 Å². The van der Waals surface area contributed by atoms with Gasteiger partial charge in [-0.1, -0.05) is 23.7 Å². The molecule has 0 amide bonds. The van der Waals surface area contributed by atoms with Crippen LogP contribution in [-0.2, 0) is 6.42 Å². The van der Waals surface area contributed by atoms with Crippen LogP contribution in [-0.4, -0.2) is 23.3 Å². The average Bonchev–Trinajstić information content (AvgIpc) is 2.18. The van der Waals surface area contributed by atoms with Gasteiger partial charge in [-0.15, -0.1) is 0 Å².